The molecule has 2 heterocycles. The molecule has 6 saturated carbocycles. The van der Waals surface area contributed by atoms with Gasteiger partial charge in [0, 0.05) is 45.9 Å². The van der Waals surface area contributed by atoms with Crippen molar-refractivity contribution in [1.29, 1.82) is 0 Å². The second kappa shape index (κ2) is 28.2. The minimum atomic E-state index is -0.626. The van der Waals surface area contributed by atoms with Crippen molar-refractivity contribution in [2.75, 3.05) is 46.8 Å². The Morgan fingerprint density at radius 3 is 1.40 bits per heavy atom. The number of carbonyl (C=O) groups excluding carboxylic acids is 1. The third-order valence-corrected chi connectivity index (χ3v) is 31.8. The predicted molar refractivity (Wildman–Crippen MR) is 387 cm³/mol. The number of hydrogen-bond acceptors (Lipinski definition) is 14. The number of aliphatic carboxylic acids is 2. The molecule has 10 aliphatic rings. The lowest BCUT2D eigenvalue weighted by molar-refractivity contribution is -0.269. The van der Waals surface area contributed by atoms with Crippen molar-refractivity contribution < 1.29 is 53.0 Å². The van der Waals surface area contributed by atoms with Crippen LogP contribution < -0.4 is 34.0 Å². The highest BCUT2D eigenvalue weighted by Gasteiger charge is 2.74. The molecule has 8 fully saturated rings. The normalized spacial score (nSPS) is 43.3. The minimum Gasteiger partial charge on any atom is -0.481 e. The van der Waals surface area contributed by atoms with Gasteiger partial charge < -0.3 is 50.1 Å². The van der Waals surface area contributed by atoms with Crippen LogP contribution in [0.5, 0.6) is 0 Å². The topological polar surface area (TPSA) is 275 Å². The maximum absolute atomic E-state index is 13.3. The van der Waals surface area contributed by atoms with Gasteiger partial charge in [-0.15, -0.1) is 0 Å². The van der Waals surface area contributed by atoms with Crippen LogP contribution in [0.3, 0.4) is 0 Å². The molecule has 556 valence electrons. The van der Waals surface area contributed by atoms with E-state index in [2.05, 4.69) is 156 Å². The first-order valence-electron chi connectivity index (χ1n) is 38.0. The molecule has 2 aliphatic heterocycles. The second-order valence-corrected chi connectivity index (χ2v) is 37.6. The number of hydrazine groups is 2. The van der Waals surface area contributed by atoms with E-state index >= 15 is 0 Å². The Morgan fingerprint density at radius 1 is 0.592 bits per heavy atom. The number of amides is 1. The van der Waals surface area contributed by atoms with Crippen LogP contribution in [-0.2, 0) is 44.6 Å². The fraction of sp³-hybridized carbons (Fsp3) is 0.840. The van der Waals surface area contributed by atoms with E-state index in [0.717, 1.165) is 89.2 Å². The van der Waals surface area contributed by atoms with Gasteiger partial charge in [-0.25, -0.2) is 10.6 Å². The molecule has 4 bridgehead atoms. The molecule has 12 N–H and O–H groups in total. The van der Waals surface area contributed by atoms with Crippen molar-refractivity contribution >= 4 is 18.0 Å². The lowest BCUT2D eigenvalue weighted by Gasteiger charge is -2.71. The van der Waals surface area contributed by atoms with Gasteiger partial charge in [0.2, 0.25) is 0 Å². The number of fused-ring (bicyclic) bond motifs is 6. The van der Waals surface area contributed by atoms with E-state index in [4.69, 9.17) is 51.6 Å². The molecule has 1 aromatic rings. The number of methoxy groups -OCH3 is 1. The number of carbonyl (C=O) groups is 3. The molecule has 17 nitrogen and oxygen atoms in total. The second-order valence-electron chi connectivity index (χ2n) is 37.6. The van der Waals surface area contributed by atoms with Gasteiger partial charge in [0.05, 0.1) is 69.8 Å². The summed E-state index contributed by atoms with van der Waals surface area (Å²) >= 11 is 0. The molecule has 0 radical (unpaired) electrons. The van der Waals surface area contributed by atoms with Crippen LogP contribution in [0.4, 0.5) is 4.79 Å². The van der Waals surface area contributed by atoms with E-state index < -0.39 is 29.1 Å². The molecule has 2 saturated heterocycles. The Morgan fingerprint density at radius 2 is 1.01 bits per heavy atom. The maximum Gasteiger partial charge on any atom is 0.421 e. The summed E-state index contributed by atoms with van der Waals surface area (Å²) < 4.78 is 37.8. The molecule has 1 aromatic carbocycles. The maximum atomic E-state index is 13.3. The van der Waals surface area contributed by atoms with E-state index in [9.17, 15) is 24.6 Å². The highest BCUT2D eigenvalue weighted by molar-refractivity contribution is 5.74. The van der Waals surface area contributed by atoms with Gasteiger partial charge in [-0.05, 0) is 188 Å². The lowest BCUT2D eigenvalue weighted by Crippen LogP contribution is -2.72. The Bertz CT molecular complexity index is 2890. The molecule has 98 heavy (non-hydrogen) atoms. The van der Waals surface area contributed by atoms with Crippen LogP contribution in [0.15, 0.2) is 53.6 Å². The molecule has 24 atom stereocenters. The van der Waals surface area contributed by atoms with Crippen LogP contribution in [0.2, 0.25) is 0 Å². The minimum absolute atomic E-state index is 0.0119. The van der Waals surface area contributed by atoms with E-state index in [1.54, 1.807) is 5.57 Å². The van der Waals surface area contributed by atoms with Crippen molar-refractivity contribution in [3.63, 3.8) is 0 Å². The molecule has 8 aliphatic carbocycles. The van der Waals surface area contributed by atoms with Gasteiger partial charge >= 0.3 is 18.0 Å². The van der Waals surface area contributed by atoms with Crippen molar-refractivity contribution in [2.24, 2.45) is 148 Å². The number of nitrogens with one attached hydrogen (secondary N) is 2. The first-order valence-corrected chi connectivity index (χ1v) is 38.0. The van der Waals surface area contributed by atoms with Crippen molar-refractivity contribution in [3.05, 3.63) is 59.2 Å². The number of nitrogens with two attached hydrogens (primary N) is 4. The Kier molecular flexibility index (Phi) is 22.6. The largest absolute Gasteiger partial charge is 0.481 e. The summed E-state index contributed by atoms with van der Waals surface area (Å²) in [6.07, 6.45) is 16.0. The molecule has 17 heteroatoms. The lowest BCUT2D eigenvalue weighted by atomic mass is 9.34. The van der Waals surface area contributed by atoms with Gasteiger partial charge in [-0.2, -0.15) is 0 Å². The van der Waals surface area contributed by atoms with Crippen LogP contribution >= 0.6 is 0 Å². The fourth-order valence-electron chi connectivity index (χ4n) is 23.8. The number of rotatable bonds is 18. The molecule has 1 amide bonds. The SMILES string of the molecule is CC(C)[C@@H](C)[C@@]1(C)CC[C@]2(C)[C@H]3CC[C@@H]4[C@@]5(COC[C@@]4(C)[C@@H](OC[C@](C)(N)C(C)C)[C@H](NN)C5)C3=CC[C@@]2(C)[C@@H]1C(=O)O.CO[C@@H]1C[C@@]23COC[C@](C)([C@@H]2CC[C@H]2C3=CC[C@@]3(C)[C@H](C(=O)O)[C@@](C)([C@H](C)C(C)C)CC[C@]23C)[C@H]1OC[C@](C)(N)C(C)C.NNC(=O)OCc1ccccc1. The predicted octanol–water partition coefficient (Wildman–Crippen LogP) is 14.3. The Balaban J connectivity index is 0.000000196. The van der Waals surface area contributed by atoms with Gasteiger partial charge in [0.25, 0.3) is 0 Å². The summed E-state index contributed by atoms with van der Waals surface area (Å²) in [5.41, 5.74) is 19.7. The highest BCUT2D eigenvalue weighted by Crippen LogP contribution is 2.77. The number of allylic oxidation sites excluding steroid dienone is 2. The smallest absolute Gasteiger partial charge is 0.421 e. The zero-order valence-corrected chi connectivity index (χ0v) is 64.6. The van der Waals surface area contributed by atoms with E-state index in [1.807, 2.05) is 42.9 Å². The van der Waals surface area contributed by atoms with Crippen LogP contribution in [0.1, 0.15) is 221 Å². The van der Waals surface area contributed by atoms with Gasteiger partial charge in [0.15, 0.2) is 0 Å². The number of ether oxygens (including phenoxy) is 6. The standard InChI is InChI=1S/C37H63NO5.C36H63N3O4.C8H10N2O2/c1-22(2)24(5)32(6)16-17-34(8)25-12-13-28-33(7)19-42-21-37(28,26(25)14-15-35(34,9)29(32)31(39)40)18-27(41-11)30(33)43-20-36(10,38)23(3)4;1-21(2)23(5)31(6)15-16-33(8)24-11-12-27-32(7)18-42-20-36(27,25(24)13-14-34(33,9)28(31)30(40)41)17-26(39-38)29(32)43-19-35(10,37)22(3)4;9-10-8(11)12-6-7-4-2-1-3-5-7/h14,22-25,27-30H,12-13,15-21,38H2,1-11H3,(H,39,40);13,21-24,26-29,39H,11-12,14-20,37-38H2,1-10H3,(H,40,41);1-5H,6,9H2,(H,10,11)/t24-,25+,27-,28+,29-,30+,32-,33-,34-,35+,36+,37+;23-,24+,26-,27+,28-,29+,31-,32-,33-,34+,35+,36+;/m11./s1. The summed E-state index contributed by atoms with van der Waals surface area (Å²) in [4.78, 5) is 37.1. The van der Waals surface area contributed by atoms with Crippen LogP contribution in [-0.4, -0.2) is 110 Å². The summed E-state index contributed by atoms with van der Waals surface area (Å²) in [6, 6.07) is 9.36. The third kappa shape index (κ3) is 12.6. The van der Waals surface area contributed by atoms with Gasteiger partial charge in [-0.3, -0.25) is 26.3 Å². The summed E-state index contributed by atoms with van der Waals surface area (Å²) in [6.45, 7) is 49.2. The number of carboxylic acids is 2. The van der Waals surface area contributed by atoms with Crippen LogP contribution in [0, 0.1) is 125 Å². The zero-order chi connectivity index (χ0) is 72.7. The third-order valence-electron chi connectivity index (χ3n) is 31.8. The summed E-state index contributed by atoms with van der Waals surface area (Å²) in [7, 11) is 1.84. The molecular weight excluding hydrogens is 1230 g/mol. The molecule has 11 rings (SSSR count). The zero-order valence-electron chi connectivity index (χ0n) is 64.6. The first-order chi connectivity index (χ1) is 45.5. The Labute approximate surface area is 591 Å². The summed E-state index contributed by atoms with van der Waals surface area (Å²) in [5.74, 6) is 12.9. The first kappa shape index (κ1) is 78.6. The summed E-state index contributed by atoms with van der Waals surface area (Å²) in [5, 5.41) is 21.9. The Hall–Kier alpha value is -3.49. The highest BCUT2D eigenvalue weighted by atomic mass is 16.6. The molecular formula is C81H136N6O11. The molecule has 0 aromatic heterocycles. The van der Waals surface area contributed by atoms with Gasteiger partial charge in [-0.1, -0.05) is 178 Å². The monoisotopic (exact) mass is 1370 g/mol. The average molecular weight is 1370 g/mol. The number of benzene rings is 1. The van der Waals surface area contributed by atoms with E-state index in [1.165, 1.54) is 5.57 Å². The fourth-order valence-corrected chi connectivity index (χ4v) is 23.8. The van der Waals surface area contributed by atoms with E-state index in [-0.39, 0.29) is 96.9 Å². The van der Waals surface area contributed by atoms with E-state index in [0.29, 0.717) is 92.2 Å². The number of carboxylic acid groups (broad SMARTS) is 2. The van der Waals surface area contributed by atoms with Crippen molar-refractivity contribution in [1.82, 2.24) is 10.9 Å². The van der Waals surface area contributed by atoms with Crippen molar-refractivity contribution in [3.8, 4) is 0 Å². The van der Waals surface area contributed by atoms with Gasteiger partial charge in [0.1, 0.15) is 6.61 Å². The van der Waals surface area contributed by atoms with Crippen molar-refractivity contribution in [2.45, 2.75) is 258 Å². The number of hydrogen-bond donors (Lipinski definition) is 8. The van der Waals surface area contributed by atoms with Crippen LogP contribution in [0.25, 0.3) is 0 Å². The average Bonchev–Trinajstić information content (AvgIpc) is 0.678. The molecule has 0 unspecified atom stereocenters. The molecule has 0 spiro atoms. The quantitative estimate of drug-likeness (QED) is 0.0294.